The molecular weight excluding hydrogens is 324 g/mol. The van der Waals surface area contributed by atoms with Crippen molar-refractivity contribution in [2.75, 3.05) is 32.8 Å². The standard InChI is InChI=1S/C22H28N2O2/c1-17(2)21(24-12-14-26-15-13-24)16-23-22(25)11-10-19-8-5-7-18-6-3-4-9-20(18)19/h3-11,17,21H,12-16H2,1-2H3,(H,23,25)/b11-10+. The minimum Gasteiger partial charge on any atom is -0.379 e. The summed E-state index contributed by atoms with van der Waals surface area (Å²) in [7, 11) is 0. The Morgan fingerprint density at radius 1 is 1.15 bits per heavy atom. The summed E-state index contributed by atoms with van der Waals surface area (Å²) in [6.45, 7) is 8.50. The number of benzene rings is 2. The van der Waals surface area contributed by atoms with Crippen LogP contribution in [0.15, 0.2) is 48.5 Å². The first kappa shape index (κ1) is 18.6. The number of carbonyl (C=O) groups is 1. The molecule has 2 aromatic rings. The van der Waals surface area contributed by atoms with Crippen LogP contribution >= 0.6 is 0 Å². The Hall–Kier alpha value is -2.17. The van der Waals surface area contributed by atoms with E-state index in [0.717, 1.165) is 37.3 Å². The Morgan fingerprint density at radius 3 is 2.65 bits per heavy atom. The van der Waals surface area contributed by atoms with Gasteiger partial charge in [0.2, 0.25) is 5.91 Å². The summed E-state index contributed by atoms with van der Waals surface area (Å²) in [5.41, 5.74) is 1.06. The third-order valence-electron chi connectivity index (χ3n) is 5.01. The van der Waals surface area contributed by atoms with Gasteiger partial charge in [-0.1, -0.05) is 56.3 Å². The Balaban J connectivity index is 1.61. The summed E-state index contributed by atoms with van der Waals surface area (Å²) in [5, 5.41) is 5.41. The van der Waals surface area contributed by atoms with Gasteiger partial charge in [-0.25, -0.2) is 0 Å². The molecule has 0 radical (unpaired) electrons. The highest BCUT2D eigenvalue weighted by Crippen LogP contribution is 2.19. The van der Waals surface area contributed by atoms with Crippen LogP contribution in [0.25, 0.3) is 16.8 Å². The fraction of sp³-hybridized carbons (Fsp3) is 0.409. The number of carbonyl (C=O) groups excluding carboxylic acids is 1. The van der Waals surface area contributed by atoms with Gasteiger partial charge < -0.3 is 10.1 Å². The molecule has 1 aliphatic rings. The SMILES string of the molecule is CC(C)C(CNC(=O)/C=C/c1cccc2ccccc12)N1CCOCC1. The molecule has 26 heavy (non-hydrogen) atoms. The van der Waals surface area contributed by atoms with Crippen molar-refractivity contribution in [2.24, 2.45) is 5.92 Å². The predicted octanol–water partition coefficient (Wildman–Crippen LogP) is 3.33. The lowest BCUT2D eigenvalue weighted by atomic mass is 10.0. The van der Waals surface area contributed by atoms with Crippen LogP contribution in [0.5, 0.6) is 0 Å². The first-order chi connectivity index (χ1) is 12.6. The lowest BCUT2D eigenvalue weighted by Gasteiger charge is -2.36. The van der Waals surface area contributed by atoms with Gasteiger partial charge in [-0.15, -0.1) is 0 Å². The lowest BCUT2D eigenvalue weighted by Crippen LogP contribution is -2.51. The number of ether oxygens (including phenoxy) is 1. The molecule has 1 fully saturated rings. The largest absolute Gasteiger partial charge is 0.379 e. The molecule has 1 atom stereocenters. The summed E-state index contributed by atoms with van der Waals surface area (Å²) >= 11 is 0. The summed E-state index contributed by atoms with van der Waals surface area (Å²) in [6, 6.07) is 14.7. The maximum absolute atomic E-state index is 12.3. The molecule has 0 spiro atoms. The van der Waals surface area contributed by atoms with Crippen molar-refractivity contribution in [3.05, 3.63) is 54.1 Å². The maximum atomic E-state index is 12.3. The van der Waals surface area contributed by atoms with E-state index in [2.05, 4.69) is 42.3 Å². The molecule has 1 unspecified atom stereocenters. The number of hydrogen-bond donors (Lipinski definition) is 1. The molecule has 0 bridgehead atoms. The average Bonchev–Trinajstić information content (AvgIpc) is 2.67. The first-order valence-corrected chi connectivity index (χ1v) is 9.40. The highest BCUT2D eigenvalue weighted by atomic mass is 16.5. The summed E-state index contributed by atoms with van der Waals surface area (Å²) in [5.74, 6) is 0.437. The second-order valence-electron chi connectivity index (χ2n) is 7.11. The third-order valence-corrected chi connectivity index (χ3v) is 5.01. The predicted molar refractivity (Wildman–Crippen MR) is 107 cm³/mol. The summed E-state index contributed by atoms with van der Waals surface area (Å²) < 4.78 is 5.44. The molecule has 1 saturated heterocycles. The summed E-state index contributed by atoms with van der Waals surface area (Å²) in [6.07, 6.45) is 3.54. The number of nitrogens with zero attached hydrogens (tertiary/aromatic N) is 1. The van der Waals surface area contributed by atoms with E-state index < -0.39 is 0 Å². The zero-order valence-electron chi connectivity index (χ0n) is 15.7. The van der Waals surface area contributed by atoms with Gasteiger partial charge in [0.25, 0.3) is 0 Å². The number of fused-ring (bicyclic) bond motifs is 1. The number of nitrogens with one attached hydrogen (secondary N) is 1. The van der Waals surface area contributed by atoms with E-state index in [9.17, 15) is 4.79 Å². The van der Waals surface area contributed by atoms with E-state index in [4.69, 9.17) is 4.74 Å². The zero-order valence-corrected chi connectivity index (χ0v) is 15.7. The minimum atomic E-state index is -0.0446. The second-order valence-corrected chi connectivity index (χ2v) is 7.11. The van der Waals surface area contributed by atoms with Gasteiger partial charge in [-0.05, 0) is 28.3 Å². The van der Waals surface area contributed by atoms with Gasteiger partial charge in [-0.2, -0.15) is 0 Å². The second kappa shape index (κ2) is 8.97. The van der Waals surface area contributed by atoms with Gasteiger partial charge in [-0.3, -0.25) is 9.69 Å². The molecule has 4 heteroatoms. The fourth-order valence-electron chi connectivity index (χ4n) is 3.52. The van der Waals surface area contributed by atoms with E-state index in [-0.39, 0.29) is 5.91 Å². The number of amides is 1. The lowest BCUT2D eigenvalue weighted by molar-refractivity contribution is -0.116. The number of hydrogen-bond acceptors (Lipinski definition) is 3. The molecule has 3 rings (SSSR count). The molecule has 1 heterocycles. The van der Waals surface area contributed by atoms with Crippen LogP contribution in [-0.2, 0) is 9.53 Å². The smallest absolute Gasteiger partial charge is 0.244 e. The van der Waals surface area contributed by atoms with E-state index >= 15 is 0 Å². The molecule has 0 aromatic heterocycles. The minimum absolute atomic E-state index is 0.0446. The molecule has 1 amide bonds. The normalized spacial score (nSPS) is 17.0. The van der Waals surface area contributed by atoms with Crippen molar-refractivity contribution in [3.8, 4) is 0 Å². The van der Waals surface area contributed by atoms with Crippen molar-refractivity contribution in [2.45, 2.75) is 19.9 Å². The zero-order chi connectivity index (χ0) is 18.4. The molecule has 138 valence electrons. The maximum Gasteiger partial charge on any atom is 0.244 e. The Kier molecular flexibility index (Phi) is 6.42. The fourth-order valence-corrected chi connectivity index (χ4v) is 3.52. The molecule has 0 aliphatic carbocycles. The molecule has 1 N–H and O–H groups in total. The number of morpholine rings is 1. The van der Waals surface area contributed by atoms with Gasteiger partial charge in [0.1, 0.15) is 0 Å². The topological polar surface area (TPSA) is 41.6 Å². The molecular formula is C22H28N2O2. The Morgan fingerprint density at radius 2 is 1.88 bits per heavy atom. The molecule has 0 saturated carbocycles. The average molecular weight is 352 g/mol. The van der Waals surface area contributed by atoms with Crippen LogP contribution in [0, 0.1) is 5.92 Å². The van der Waals surface area contributed by atoms with E-state index in [1.807, 2.05) is 30.3 Å². The van der Waals surface area contributed by atoms with Crippen molar-refractivity contribution >= 4 is 22.8 Å². The van der Waals surface area contributed by atoms with Crippen LogP contribution < -0.4 is 5.32 Å². The van der Waals surface area contributed by atoms with Crippen LogP contribution in [0.2, 0.25) is 0 Å². The molecule has 1 aliphatic heterocycles. The van der Waals surface area contributed by atoms with Crippen LogP contribution in [0.4, 0.5) is 0 Å². The van der Waals surface area contributed by atoms with Gasteiger partial charge in [0.15, 0.2) is 0 Å². The van der Waals surface area contributed by atoms with Crippen LogP contribution in [-0.4, -0.2) is 49.7 Å². The highest BCUT2D eigenvalue weighted by Gasteiger charge is 2.23. The van der Waals surface area contributed by atoms with Gasteiger partial charge >= 0.3 is 0 Å². The Labute approximate surface area is 155 Å². The molecule has 4 nitrogen and oxygen atoms in total. The molecule has 2 aromatic carbocycles. The number of rotatable bonds is 6. The van der Waals surface area contributed by atoms with E-state index in [1.54, 1.807) is 6.08 Å². The van der Waals surface area contributed by atoms with Crippen LogP contribution in [0.1, 0.15) is 19.4 Å². The van der Waals surface area contributed by atoms with Crippen molar-refractivity contribution in [1.82, 2.24) is 10.2 Å². The van der Waals surface area contributed by atoms with E-state index in [0.29, 0.717) is 18.5 Å². The van der Waals surface area contributed by atoms with Gasteiger partial charge in [0, 0.05) is 31.8 Å². The van der Waals surface area contributed by atoms with Crippen LogP contribution in [0.3, 0.4) is 0 Å². The summed E-state index contributed by atoms with van der Waals surface area (Å²) in [4.78, 5) is 14.7. The van der Waals surface area contributed by atoms with Gasteiger partial charge in [0.05, 0.1) is 13.2 Å². The van der Waals surface area contributed by atoms with Crippen molar-refractivity contribution < 1.29 is 9.53 Å². The highest BCUT2D eigenvalue weighted by molar-refractivity contribution is 5.96. The van der Waals surface area contributed by atoms with Crippen molar-refractivity contribution in [1.29, 1.82) is 0 Å². The third kappa shape index (κ3) is 4.71. The quantitative estimate of drug-likeness (QED) is 0.811. The van der Waals surface area contributed by atoms with E-state index in [1.165, 1.54) is 5.39 Å². The monoisotopic (exact) mass is 352 g/mol. The first-order valence-electron chi connectivity index (χ1n) is 9.40. The van der Waals surface area contributed by atoms with Crippen molar-refractivity contribution in [3.63, 3.8) is 0 Å². The Bertz CT molecular complexity index is 758.